The maximum Gasteiger partial charge on any atom is 0.0790 e. The lowest BCUT2D eigenvalue weighted by atomic mass is 10.0. The molecular weight excluding hydrogens is 232 g/mol. The third kappa shape index (κ3) is 7.70. The molecule has 19 heavy (non-hydrogen) atoms. The second kappa shape index (κ2) is 10.6. The van der Waals surface area contributed by atoms with Crippen molar-refractivity contribution in [2.24, 2.45) is 0 Å². The van der Waals surface area contributed by atoms with E-state index in [4.69, 9.17) is 0 Å². The lowest BCUT2D eigenvalue weighted by Crippen LogP contribution is -1.96. The number of benzene rings is 1. The van der Waals surface area contributed by atoms with Crippen LogP contribution in [0.1, 0.15) is 70.0 Å². The molecule has 0 amide bonds. The first-order valence-corrected chi connectivity index (χ1v) is 7.53. The molecule has 1 N–H and O–H groups in total. The molecule has 0 saturated heterocycles. The van der Waals surface area contributed by atoms with E-state index >= 15 is 0 Å². The maximum absolute atomic E-state index is 9.98. The molecule has 1 rings (SSSR count). The lowest BCUT2D eigenvalue weighted by Gasteiger charge is -2.09. The average Bonchev–Trinajstić information content (AvgIpc) is 2.46. The van der Waals surface area contributed by atoms with Gasteiger partial charge in [-0.2, -0.15) is 0 Å². The molecule has 0 aliphatic carbocycles. The van der Waals surface area contributed by atoms with Gasteiger partial charge in [0.25, 0.3) is 0 Å². The van der Waals surface area contributed by atoms with Gasteiger partial charge in [0.15, 0.2) is 0 Å². The molecule has 1 heteroatoms. The van der Waals surface area contributed by atoms with E-state index in [1.165, 1.54) is 19.3 Å². The Hall–Kier alpha value is -1.26. The summed E-state index contributed by atoms with van der Waals surface area (Å²) in [4.78, 5) is 0. The second-order valence-corrected chi connectivity index (χ2v) is 4.98. The Morgan fingerprint density at radius 2 is 1.58 bits per heavy atom. The number of unbranched alkanes of at least 4 members (excludes halogenated alkanes) is 5. The standard InChI is InChI=1S/C18H26O/c1-2-3-4-5-6-7-8-9-13-16-18(19)17-14-11-10-12-15-17/h10-12,14-15,18-19H,2-5,8-9,13,16H2,1H3. The molecule has 0 bridgehead atoms. The van der Waals surface area contributed by atoms with E-state index in [9.17, 15) is 5.11 Å². The van der Waals surface area contributed by atoms with Gasteiger partial charge in [-0.3, -0.25) is 0 Å². The Kier molecular flexibility index (Phi) is 8.85. The predicted octanol–water partition coefficient (Wildman–Crippen LogP) is 4.86. The van der Waals surface area contributed by atoms with Gasteiger partial charge in [-0.1, -0.05) is 50.1 Å². The molecule has 0 aliphatic rings. The monoisotopic (exact) mass is 258 g/mol. The van der Waals surface area contributed by atoms with E-state index in [0.29, 0.717) is 0 Å². The van der Waals surface area contributed by atoms with Crippen LogP contribution in [0.4, 0.5) is 0 Å². The maximum atomic E-state index is 9.98. The minimum absolute atomic E-state index is 0.321. The SMILES string of the molecule is CCCCCC#CCCCCC(O)c1ccccc1. The molecule has 1 atom stereocenters. The van der Waals surface area contributed by atoms with Crippen LogP contribution in [0.3, 0.4) is 0 Å². The van der Waals surface area contributed by atoms with E-state index in [-0.39, 0.29) is 6.10 Å². The largest absolute Gasteiger partial charge is 0.388 e. The number of hydrogen-bond donors (Lipinski definition) is 1. The topological polar surface area (TPSA) is 20.2 Å². The molecule has 0 heterocycles. The molecule has 1 nitrogen and oxygen atoms in total. The van der Waals surface area contributed by atoms with Gasteiger partial charge in [0.2, 0.25) is 0 Å². The van der Waals surface area contributed by atoms with Crippen molar-refractivity contribution in [3.8, 4) is 11.8 Å². The van der Waals surface area contributed by atoms with Crippen molar-refractivity contribution in [3.05, 3.63) is 35.9 Å². The fourth-order valence-electron chi connectivity index (χ4n) is 2.03. The molecule has 1 aromatic rings. The molecule has 0 fully saturated rings. The Morgan fingerprint density at radius 1 is 0.947 bits per heavy atom. The molecule has 1 unspecified atom stereocenters. The Morgan fingerprint density at radius 3 is 2.21 bits per heavy atom. The Balaban J connectivity index is 2.04. The van der Waals surface area contributed by atoms with Crippen molar-refractivity contribution >= 4 is 0 Å². The van der Waals surface area contributed by atoms with Crippen LogP contribution in [0.5, 0.6) is 0 Å². The van der Waals surface area contributed by atoms with Crippen LogP contribution in [0.15, 0.2) is 30.3 Å². The molecule has 0 saturated carbocycles. The van der Waals surface area contributed by atoms with Crippen molar-refractivity contribution in [2.75, 3.05) is 0 Å². The van der Waals surface area contributed by atoms with Crippen LogP contribution >= 0.6 is 0 Å². The summed E-state index contributed by atoms with van der Waals surface area (Å²) in [6, 6.07) is 9.89. The van der Waals surface area contributed by atoms with E-state index in [0.717, 1.165) is 37.7 Å². The smallest absolute Gasteiger partial charge is 0.0790 e. The van der Waals surface area contributed by atoms with Crippen LogP contribution in [-0.2, 0) is 0 Å². The summed E-state index contributed by atoms with van der Waals surface area (Å²) in [5.74, 6) is 6.45. The van der Waals surface area contributed by atoms with Crippen LogP contribution in [0.2, 0.25) is 0 Å². The summed E-state index contributed by atoms with van der Waals surface area (Å²) in [5, 5.41) is 9.98. The first-order valence-electron chi connectivity index (χ1n) is 7.53. The van der Waals surface area contributed by atoms with Gasteiger partial charge in [-0.05, 0) is 31.2 Å². The van der Waals surface area contributed by atoms with Crippen LogP contribution in [0, 0.1) is 11.8 Å². The molecule has 104 valence electrons. The average molecular weight is 258 g/mol. The molecule has 1 aromatic carbocycles. The highest BCUT2D eigenvalue weighted by Crippen LogP contribution is 2.18. The highest BCUT2D eigenvalue weighted by molar-refractivity contribution is 5.17. The molecule has 0 aliphatic heterocycles. The Labute approximate surface area is 118 Å². The normalized spacial score (nSPS) is 11.7. The highest BCUT2D eigenvalue weighted by Gasteiger charge is 2.05. The van der Waals surface area contributed by atoms with Gasteiger partial charge in [0.05, 0.1) is 6.10 Å². The van der Waals surface area contributed by atoms with Crippen molar-refractivity contribution in [1.29, 1.82) is 0 Å². The number of hydrogen-bond acceptors (Lipinski definition) is 1. The highest BCUT2D eigenvalue weighted by atomic mass is 16.3. The van der Waals surface area contributed by atoms with Crippen LogP contribution in [0.25, 0.3) is 0 Å². The van der Waals surface area contributed by atoms with Gasteiger partial charge < -0.3 is 5.11 Å². The fraction of sp³-hybridized carbons (Fsp3) is 0.556. The number of aliphatic hydroxyl groups is 1. The van der Waals surface area contributed by atoms with Gasteiger partial charge in [-0.15, -0.1) is 11.8 Å². The van der Waals surface area contributed by atoms with E-state index in [1.807, 2.05) is 30.3 Å². The van der Waals surface area contributed by atoms with Gasteiger partial charge in [0, 0.05) is 12.8 Å². The minimum atomic E-state index is -0.321. The zero-order valence-corrected chi connectivity index (χ0v) is 12.1. The molecule has 0 aromatic heterocycles. The number of aliphatic hydroxyl groups excluding tert-OH is 1. The first-order chi connectivity index (χ1) is 9.34. The summed E-state index contributed by atoms with van der Waals surface area (Å²) >= 11 is 0. The summed E-state index contributed by atoms with van der Waals surface area (Å²) in [6.45, 7) is 2.21. The van der Waals surface area contributed by atoms with Crippen molar-refractivity contribution < 1.29 is 5.11 Å². The first kappa shape index (κ1) is 15.8. The molecular formula is C18H26O. The van der Waals surface area contributed by atoms with Crippen molar-refractivity contribution in [3.63, 3.8) is 0 Å². The van der Waals surface area contributed by atoms with E-state index in [2.05, 4.69) is 18.8 Å². The lowest BCUT2D eigenvalue weighted by molar-refractivity contribution is 0.164. The number of rotatable bonds is 8. The van der Waals surface area contributed by atoms with Crippen LogP contribution < -0.4 is 0 Å². The van der Waals surface area contributed by atoms with Gasteiger partial charge in [0.1, 0.15) is 0 Å². The summed E-state index contributed by atoms with van der Waals surface area (Å²) in [5.41, 5.74) is 1.02. The third-order valence-electron chi connectivity index (χ3n) is 3.24. The van der Waals surface area contributed by atoms with E-state index < -0.39 is 0 Å². The summed E-state index contributed by atoms with van der Waals surface area (Å²) < 4.78 is 0. The summed E-state index contributed by atoms with van der Waals surface area (Å²) in [6.07, 6.45) is 8.44. The quantitative estimate of drug-likeness (QED) is 0.521. The van der Waals surface area contributed by atoms with Crippen molar-refractivity contribution in [2.45, 2.75) is 64.4 Å². The van der Waals surface area contributed by atoms with Crippen molar-refractivity contribution in [1.82, 2.24) is 0 Å². The fourth-order valence-corrected chi connectivity index (χ4v) is 2.03. The Bertz CT molecular complexity index is 372. The zero-order chi connectivity index (χ0) is 13.8. The summed E-state index contributed by atoms with van der Waals surface area (Å²) in [7, 11) is 0. The minimum Gasteiger partial charge on any atom is -0.388 e. The third-order valence-corrected chi connectivity index (χ3v) is 3.24. The predicted molar refractivity (Wildman–Crippen MR) is 81.8 cm³/mol. The van der Waals surface area contributed by atoms with Gasteiger partial charge >= 0.3 is 0 Å². The van der Waals surface area contributed by atoms with Crippen LogP contribution in [-0.4, -0.2) is 5.11 Å². The molecule has 0 spiro atoms. The second-order valence-electron chi connectivity index (χ2n) is 4.98. The van der Waals surface area contributed by atoms with E-state index in [1.54, 1.807) is 0 Å². The van der Waals surface area contributed by atoms with Gasteiger partial charge in [-0.25, -0.2) is 0 Å². The zero-order valence-electron chi connectivity index (χ0n) is 12.1. The molecule has 0 radical (unpaired) electrons.